The zero-order valence-electron chi connectivity index (χ0n) is 44.3. The van der Waals surface area contributed by atoms with Crippen LogP contribution in [-0.2, 0) is 18.4 Å². The quantitative estimate of drug-likeness (QED) is 0.0243. The number of nitrogens with one attached hydrogen (secondary N) is 1. The largest absolute Gasteiger partial charge is 0.472 e. The van der Waals surface area contributed by atoms with Crippen LogP contribution in [0.3, 0.4) is 0 Å². The number of aliphatic hydroxyl groups is 1. The number of aliphatic hydroxyl groups excluding tert-OH is 1. The second kappa shape index (κ2) is 48.3. The summed E-state index contributed by atoms with van der Waals surface area (Å²) in [6, 6.07) is -0.841. The maximum absolute atomic E-state index is 12.9. The molecule has 0 saturated carbocycles. The fourth-order valence-electron chi connectivity index (χ4n) is 8.75. The molecule has 3 N–H and O–H groups in total. The third-order valence-corrected chi connectivity index (χ3v) is 14.2. The van der Waals surface area contributed by atoms with E-state index in [2.05, 4.69) is 19.2 Å². The number of nitrogens with zero attached hydrogens (tertiary/aromatic N) is 1. The van der Waals surface area contributed by atoms with Crippen LogP contribution in [0.15, 0.2) is 12.2 Å². The molecule has 0 aliphatic carbocycles. The number of likely N-dealkylation sites (N-methyl/N-ethyl adjacent to an activating group) is 1. The highest BCUT2D eigenvalue weighted by atomic mass is 31.2. The Kier molecular flexibility index (Phi) is 47.7. The molecule has 0 radical (unpaired) electrons. The average Bonchev–Trinajstić information content (AvgIpc) is 3.26. The van der Waals surface area contributed by atoms with Gasteiger partial charge in [0.1, 0.15) is 13.2 Å². The van der Waals surface area contributed by atoms with Crippen molar-refractivity contribution < 1.29 is 32.9 Å². The minimum absolute atomic E-state index is 0.0649. The third kappa shape index (κ3) is 50.9. The van der Waals surface area contributed by atoms with Crippen molar-refractivity contribution in [3.8, 4) is 0 Å². The van der Waals surface area contributed by atoms with E-state index in [4.69, 9.17) is 9.05 Å². The SMILES string of the molecule is CCCCCCCCCCCCC/C=C/[C@@H](O)[C@H](COP(=O)(O)OCC[N+](C)(C)C)NC(=O)CCCCCCCCCCCCCCCCCCCCCCCCCCCCCCCC. The molecule has 0 spiro atoms. The zero-order chi connectivity index (χ0) is 47.8. The predicted molar refractivity (Wildman–Crippen MR) is 282 cm³/mol. The van der Waals surface area contributed by atoms with Gasteiger partial charge in [-0.05, 0) is 19.3 Å². The number of hydrogen-bond acceptors (Lipinski definition) is 5. The van der Waals surface area contributed by atoms with E-state index in [1.54, 1.807) is 6.08 Å². The third-order valence-electron chi connectivity index (χ3n) is 13.3. The Labute approximate surface area is 405 Å². The predicted octanol–water partition coefficient (Wildman–Crippen LogP) is 17.0. The Bertz CT molecular complexity index is 1070. The molecule has 3 atom stereocenters. The molecule has 0 fully saturated rings. The summed E-state index contributed by atoms with van der Waals surface area (Å²) in [6.07, 6.45) is 58.9. The summed E-state index contributed by atoms with van der Waals surface area (Å²) in [6.45, 7) is 4.85. The minimum atomic E-state index is -4.34. The second-order valence-electron chi connectivity index (χ2n) is 21.0. The maximum atomic E-state index is 12.9. The fraction of sp³-hybridized carbons (Fsp3) is 0.946. The van der Waals surface area contributed by atoms with Crippen molar-refractivity contribution in [2.45, 2.75) is 302 Å². The van der Waals surface area contributed by atoms with Gasteiger partial charge in [0, 0.05) is 6.42 Å². The van der Waals surface area contributed by atoms with Crippen LogP contribution in [0.25, 0.3) is 0 Å². The summed E-state index contributed by atoms with van der Waals surface area (Å²) in [4.78, 5) is 23.2. The summed E-state index contributed by atoms with van der Waals surface area (Å²) in [5.41, 5.74) is 0. The van der Waals surface area contributed by atoms with E-state index in [0.29, 0.717) is 17.4 Å². The van der Waals surface area contributed by atoms with Crippen molar-refractivity contribution in [2.24, 2.45) is 0 Å². The van der Waals surface area contributed by atoms with Crippen molar-refractivity contribution in [1.82, 2.24) is 5.32 Å². The minimum Gasteiger partial charge on any atom is -0.387 e. The van der Waals surface area contributed by atoms with Crippen LogP contribution in [0.5, 0.6) is 0 Å². The van der Waals surface area contributed by atoms with Crippen LogP contribution < -0.4 is 5.32 Å². The molecule has 0 heterocycles. The summed E-state index contributed by atoms with van der Waals surface area (Å²) >= 11 is 0. The number of phosphoric acid groups is 1. The Hall–Kier alpha value is -0.760. The number of unbranched alkanes of at least 4 members (excludes halogenated alkanes) is 40. The van der Waals surface area contributed by atoms with Crippen molar-refractivity contribution in [3.63, 3.8) is 0 Å². The standard InChI is InChI=1S/C56H113N2O6P/c1-6-8-10-12-14-16-18-20-21-22-23-24-25-26-27-28-29-30-31-32-33-34-35-36-38-40-42-44-46-48-50-56(60)57-54(53-64-65(61,62)63-52-51-58(3,4)5)55(59)49-47-45-43-41-39-37-19-17-15-13-11-9-7-2/h47,49,54-55,59H,6-46,48,50-53H2,1-5H3,(H-,57,60,61,62)/p+1/b49-47+/t54-,55+/m0/s1. The normalized spacial score (nSPS) is 14.0. The Morgan fingerprint density at radius 1 is 0.508 bits per heavy atom. The Balaban J connectivity index is 4.01. The van der Waals surface area contributed by atoms with Gasteiger partial charge in [0.25, 0.3) is 0 Å². The summed E-state index contributed by atoms with van der Waals surface area (Å²) < 4.78 is 23.7. The molecule has 0 aromatic carbocycles. The average molecular weight is 943 g/mol. The molecule has 0 bridgehead atoms. The lowest BCUT2D eigenvalue weighted by Gasteiger charge is -2.25. The van der Waals surface area contributed by atoms with Crippen LogP contribution in [0.2, 0.25) is 0 Å². The smallest absolute Gasteiger partial charge is 0.387 e. The number of rotatable bonds is 53. The zero-order valence-corrected chi connectivity index (χ0v) is 45.2. The van der Waals surface area contributed by atoms with Crippen LogP contribution in [0, 0.1) is 0 Å². The Morgan fingerprint density at radius 2 is 0.815 bits per heavy atom. The number of allylic oxidation sites excluding steroid dienone is 1. The molecule has 9 heteroatoms. The Morgan fingerprint density at radius 3 is 1.14 bits per heavy atom. The number of phosphoric ester groups is 1. The van der Waals surface area contributed by atoms with E-state index in [-0.39, 0.29) is 19.1 Å². The van der Waals surface area contributed by atoms with Gasteiger partial charge in [0.15, 0.2) is 0 Å². The highest BCUT2D eigenvalue weighted by Crippen LogP contribution is 2.43. The first kappa shape index (κ1) is 64.2. The van der Waals surface area contributed by atoms with Crippen LogP contribution in [0.1, 0.15) is 290 Å². The van der Waals surface area contributed by atoms with E-state index in [1.807, 2.05) is 27.2 Å². The van der Waals surface area contributed by atoms with Gasteiger partial charge in [-0.3, -0.25) is 13.8 Å². The van der Waals surface area contributed by atoms with Crippen LogP contribution >= 0.6 is 7.82 Å². The summed E-state index contributed by atoms with van der Waals surface area (Å²) in [5.74, 6) is -0.171. The first-order chi connectivity index (χ1) is 31.5. The van der Waals surface area contributed by atoms with Gasteiger partial charge in [-0.2, -0.15) is 0 Å². The van der Waals surface area contributed by atoms with Crippen molar-refractivity contribution in [2.75, 3.05) is 40.9 Å². The lowest BCUT2D eigenvalue weighted by atomic mass is 10.0. The molecule has 0 aromatic heterocycles. The molecule has 388 valence electrons. The topological polar surface area (TPSA) is 105 Å². The first-order valence-corrected chi connectivity index (χ1v) is 30.1. The van der Waals surface area contributed by atoms with E-state index in [9.17, 15) is 19.4 Å². The number of carbonyl (C=O) groups excluding carboxylic acids is 1. The maximum Gasteiger partial charge on any atom is 0.472 e. The lowest BCUT2D eigenvalue weighted by Crippen LogP contribution is -2.45. The molecule has 0 aliphatic rings. The van der Waals surface area contributed by atoms with E-state index < -0.39 is 20.0 Å². The molecule has 1 unspecified atom stereocenters. The lowest BCUT2D eigenvalue weighted by molar-refractivity contribution is -0.870. The molecule has 0 saturated heterocycles. The monoisotopic (exact) mass is 942 g/mol. The molecule has 65 heavy (non-hydrogen) atoms. The highest BCUT2D eigenvalue weighted by Gasteiger charge is 2.27. The van der Waals surface area contributed by atoms with Gasteiger partial charge in [-0.1, -0.05) is 276 Å². The first-order valence-electron chi connectivity index (χ1n) is 28.6. The number of hydrogen-bond donors (Lipinski definition) is 3. The number of carbonyl (C=O) groups is 1. The number of amides is 1. The van der Waals surface area contributed by atoms with Gasteiger partial charge in [0.2, 0.25) is 5.91 Å². The van der Waals surface area contributed by atoms with E-state index in [0.717, 1.165) is 38.5 Å². The van der Waals surface area contributed by atoms with Gasteiger partial charge in [-0.15, -0.1) is 0 Å². The second-order valence-corrected chi connectivity index (χ2v) is 22.5. The molecule has 1 amide bonds. The summed E-state index contributed by atoms with van der Waals surface area (Å²) in [7, 11) is 1.59. The van der Waals surface area contributed by atoms with Gasteiger partial charge in [-0.25, -0.2) is 4.57 Å². The van der Waals surface area contributed by atoms with Gasteiger partial charge < -0.3 is 19.8 Å². The molecular formula is C56H114N2O6P+. The van der Waals surface area contributed by atoms with E-state index in [1.165, 1.54) is 231 Å². The number of quaternary nitrogens is 1. The van der Waals surface area contributed by atoms with Crippen molar-refractivity contribution >= 4 is 13.7 Å². The van der Waals surface area contributed by atoms with Gasteiger partial charge >= 0.3 is 7.82 Å². The van der Waals surface area contributed by atoms with Gasteiger partial charge in [0.05, 0.1) is 39.9 Å². The molecule has 8 nitrogen and oxygen atoms in total. The van der Waals surface area contributed by atoms with Crippen molar-refractivity contribution in [3.05, 3.63) is 12.2 Å². The summed E-state index contributed by atoms with van der Waals surface area (Å²) in [5, 5.41) is 13.9. The van der Waals surface area contributed by atoms with Crippen LogP contribution in [0.4, 0.5) is 0 Å². The van der Waals surface area contributed by atoms with Crippen LogP contribution in [-0.4, -0.2) is 73.4 Å². The highest BCUT2D eigenvalue weighted by molar-refractivity contribution is 7.47. The molecule has 0 rings (SSSR count). The molecule has 0 aliphatic heterocycles. The molecule has 0 aromatic rings. The van der Waals surface area contributed by atoms with E-state index >= 15 is 0 Å². The molecular weight excluding hydrogens is 828 g/mol. The van der Waals surface area contributed by atoms with Crippen molar-refractivity contribution in [1.29, 1.82) is 0 Å². The fourth-order valence-corrected chi connectivity index (χ4v) is 9.49.